The van der Waals surface area contributed by atoms with E-state index in [0.717, 1.165) is 36.8 Å². The number of benzene rings is 1. The fourth-order valence-electron chi connectivity index (χ4n) is 4.48. The average molecular weight is 413 g/mol. The Labute approximate surface area is 177 Å². The van der Waals surface area contributed by atoms with E-state index in [2.05, 4.69) is 39.8 Å². The first kappa shape index (κ1) is 21.0. The molecule has 30 heavy (non-hydrogen) atoms. The Morgan fingerprint density at radius 3 is 2.93 bits per heavy atom. The van der Waals surface area contributed by atoms with Crippen LogP contribution in [0, 0.1) is 0 Å². The van der Waals surface area contributed by atoms with Gasteiger partial charge in [-0.2, -0.15) is 4.98 Å². The molecule has 0 bridgehead atoms. The molecule has 0 unspecified atom stereocenters. The summed E-state index contributed by atoms with van der Waals surface area (Å²) in [5.41, 5.74) is 3.30. The molecule has 1 aliphatic heterocycles. The molecule has 1 fully saturated rings. The quantitative estimate of drug-likeness (QED) is 0.547. The fourth-order valence-corrected chi connectivity index (χ4v) is 4.48. The van der Waals surface area contributed by atoms with Crippen LogP contribution in [-0.4, -0.2) is 39.8 Å². The second-order valence-corrected chi connectivity index (χ2v) is 8.48. The van der Waals surface area contributed by atoms with Crippen molar-refractivity contribution in [2.75, 3.05) is 6.54 Å². The average Bonchev–Trinajstić information content (AvgIpc) is 3.48. The summed E-state index contributed by atoms with van der Waals surface area (Å²) in [7, 11) is 0. The first-order valence-corrected chi connectivity index (χ1v) is 11.3. The Balaban J connectivity index is 1.36. The highest BCUT2D eigenvalue weighted by Gasteiger charge is 2.33. The van der Waals surface area contributed by atoms with Gasteiger partial charge in [0.25, 0.3) is 0 Å². The number of fused-ring (bicyclic) bond motifs is 1. The minimum Gasteiger partial charge on any atom is -0.391 e. The van der Waals surface area contributed by atoms with E-state index >= 15 is 0 Å². The number of nitrogens with one attached hydrogen (secondary N) is 2. The van der Waals surface area contributed by atoms with Crippen LogP contribution in [0.1, 0.15) is 74.9 Å². The molecule has 1 aromatic carbocycles. The molecule has 4 rings (SSSR count). The summed E-state index contributed by atoms with van der Waals surface area (Å²) >= 11 is 0. The molecule has 3 N–H and O–H groups in total. The standard InChI is InChI=1S/C23H32N4O3/c1-2-3-4-5-6-7-20-26-22(27-30-20)16-8-10-17-15(14-16)9-11-18(17)25-23(29)21-19(28)12-13-24-21/h8,10,14,18-19,21,24,28H,2-7,9,11-13H2,1H3,(H,25,29)/t18-,19-,21-/m0/s1. The molecule has 2 heterocycles. The van der Waals surface area contributed by atoms with Gasteiger partial charge in [0.2, 0.25) is 17.6 Å². The number of nitrogens with zero attached hydrogens (tertiary/aromatic N) is 2. The zero-order valence-electron chi connectivity index (χ0n) is 17.7. The molecule has 7 nitrogen and oxygen atoms in total. The third-order valence-corrected chi connectivity index (χ3v) is 6.23. The lowest BCUT2D eigenvalue weighted by Crippen LogP contribution is -2.46. The number of hydrogen-bond donors (Lipinski definition) is 3. The molecule has 0 radical (unpaired) electrons. The molecule has 2 aromatic rings. The number of unbranched alkanes of at least 4 members (excludes halogenated alkanes) is 4. The van der Waals surface area contributed by atoms with Gasteiger partial charge in [-0.25, -0.2) is 0 Å². The Hall–Kier alpha value is -2.25. The molecule has 1 saturated heterocycles. The number of rotatable bonds is 9. The van der Waals surface area contributed by atoms with Crippen molar-refractivity contribution >= 4 is 5.91 Å². The largest absolute Gasteiger partial charge is 0.391 e. The Bertz CT molecular complexity index is 866. The molecule has 0 spiro atoms. The summed E-state index contributed by atoms with van der Waals surface area (Å²) in [6.45, 7) is 2.89. The summed E-state index contributed by atoms with van der Waals surface area (Å²) in [5.74, 6) is 1.21. The zero-order chi connectivity index (χ0) is 20.9. The highest BCUT2D eigenvalue weighted by Crippen LogP contribution is 2.34. The van der Waals surface area contributed by atoms with E-state index in [9.17, 15) is 9.90 Å². The van der Waals surface area contributed by atoms with Gasteiger partial charge in [-0.15, -0.1) is 0 Å². The van der Waals surface area contributed by atoms with Crippen LogP contribution in [0.25, 0.3) is 11.4 Å². The number of aliphatic hydroxyl groups is 1. The van der Waals surface area contributed by atoms with Gasteiger partial charge in [0.15, 0.2) is 0 Å². The minimum atomic E-state index is -0.604. The van der Waals surface area contributed by atoms with E-state index in [-0.39, 0.29) is 11.9 Å². The van der Waals surface area contributed by atoms with Crippen molar-refractivity contribution in [1.82, 2.24) is 20.8 Å². The van der Waals surface area contributed by atoms with Gasteiger partial charge >= 0.3 is 0 Å². The van der Waals surface area contributed by atoms with Gasteiger partial charge in [-0.1, -0.05) is 49.9 Å². The number of carbonyl (C=O) groups excluding carboxylic acids is 1. The molecular formula is C23H32N4O3. The van der Waals surface area contributed by atoms with Crippen molar-refractivity contribution < 1.29 is 14.4 Å². The van der Waals surface area contributed by atoms with E-state index in [4.69, 9.17) is 4.52 Å². The topological polar surface area (TPSA) is 100 Å². The van der Waals surface area contributed by atoms with Gasteiger partial charge < -0.3 is 20.3 Å². The molecule has 2 aliphatic rings. The van der Waals surface area contributed by atoms with Crippen LogP contribution >= 0.6 is 0 Å². The lowest BCUT2D eigenvalue weighted by Gasteiger charge is -2.19. The molecule has 3 atom stereocenters. The lowest BCUT2D eigenvalue weighted by atomic mass is 10.0. The third-order valence-electron chi connectivity index (χ3n) is 6.23. The van der Waals surface area contributed by atoms with Crippen LogP contribution in [0.5, 0.6) is 0 Å². The smallest absolute Gasteiger partial charge is 0.240 e. The van der Waals surface area contributed by atoms with Crippen LogP contribution in [-0.2, 0) is 17.6 Å². The number of aromatic nitrogens is 2. The summed E-state index contributed by atoms with van der Waals surface area (Å²) in [6, 6.07) is 5.65. The van der Waals surface area contributed by atoms with Crippen molar-refractivity contribution in [3.63, 3.8) is 0 Å². The molecule has 0 saturated carbocycles. The normalized spacial score (nSPS) is 22.9. The van der Waals surface area contributed by atoms with Gasteiger partial charge in [0.1, 0.15) is 6.04 Å². The first-order valence-electron chi connectivity index (χ1n) is 11.3. The Kier molecular flexibility index (Phi) is 6.79. The number of carbonyl (C=O) groups is 1. The molecule has 1 aromatic heterocycles. The van der Waals surface area contributed by atoms with E-state index in [1.54, 1.807) is 0 Å². The summed E-state index contributed by atoms with van der Waals surface area (Å²) in [5, 5.41) is 20.3. The number of amides is 1. The monoisotopic (exact) mass is 412 g/mol. The van der Waals surface area contributed by atoms with Gasteiger partial charge in [-0.3, -0.25) is 4.79 Å². The first-order chi connectivity index (χ1) is 14.7. The molecular weight excluding hydrogens is 380 g/mol. The maximum atomic E-state index is 12.5. The van der Waals surface area contributed by atoms with Crippen LogP contribution in [0.4, 0.5) is 0 Å². The van der Waals surface area contributed by atoms with Gasteiger partial charge in [0.05, 0.1) is 12.1 Å². The van der Waals surface area contributed by atoms with Crippen molar-refractivity contribution in [2.45, 2.75) is 82.9 Å². The van der Waals surface area contributed by atoms with Crippen LogP contribution in [0.3, 0.4) is 0 Å². The van der Waals surface area contributed by atoms with Crippen molar-refractivity contribution in [3.8, 4) is 11.4 Å². The number of hydrogen-bond acceptors (Lipinski definition) is 6. The molecule has 162 valence electrons. The fraction of sp³-hybridized carbons (Fsp3) is 0.609. The minimum absolute atomic E-state index is 0.0138. The van der Waals surface area contributed by atoms with E-state index in [1.807, 2.05) is 6.07 Å². The Morgan fingerprint density at radius 2 is 2.13 bits per heavy atom. The molecule has 1 aliphatic carbocycles. The second-order valence-electron chi connectivity index (χ2n) is 8.48. The third kappa shape index (κ3) is 4.73. The second kappa shape index (κ2) is 9.71. The van der Waals surface area contributed by atoms with E-state index in [1.165, 1.54) is 31.2 Å². The van der Waals surface area contributed by atoms with Crippen LogP contribution in [0.15, 0.2) is 22.7 Å². The number of aryl methyl sites for hydroxylation is 2. The highest BCUT2D eigenvalue weighted by atomic mass is 16.5. The summed E-state index contributed by atoms with van der Waals surface area (Å²) in [4.78, 5) is 17.1. The van der Waals surface area contributed by atoms with Gasteiger partial charge in [-0.05, 0) is 49.4 Å². The lowest BCUT2D eigenvalue weighted by molar-refractivity contribution is -0.125. The maximum absolute atomic E-state index is 12.5. The number of aliphatic hydroxyl groups excluding tert-OH is 1. The van der Waals surface area contributed by atoms with Crippen LogP contribution in [0.2, 0.25) is 0 Å². The Morgan fingerprint density at radius 1 is 1.27 bits per heavy atom. The highest BCUT2D eigenvalue weighted by molar-refractivity contribution is 5.83. The van der Waals surface area contributed by atoms with Crippen molar-refractivity contribution in [3.05, 3.63) is 35.2 Å². The molecule has 1 amide bonds. The zero-order valence-corrected chi connectivity index (χ0v) is 17.7. The van der Waals surface area contributed by atoms with Crippen molar-refractivity contribution in [1.29, 1.82) is 0 Å². The summed E-state index contributed by atoms with van der Waals surface area (Å²) < 4.78 is 5.44. The van der Waals surface area contributed by atoms with Crippen molar-refractivity contribution in [2.24, 2.45) is 0 Å². The molecule has 7 heteroatoms. The van der Waals surface area contributed by atoms with E-state index in [0.29, 0.717) is 24.7 Å². The predicted molar refractivity (Wildman–Crippen MR) is 114 cm³/mol. The van der Waals surface area contributed by atoms with E-state index < -0.39 is 12.1 Å². The maximum Gasteiger partial charge on any atom is 0.240 e. The predicted octanol–water partition coefficient (Wildman–Crippen LogP) is 3.08. The summed E-state index contributed by atoms with van der Waals surface area (Å²) in [6.07, 6.45) is 8.67. The SMILES string of the molecule is CCCCCCCc1nc(-c2ccc3c(c2)CC[C@@H]3NC(=O)[C@H]2NCC[C@@H]2O)no1. The van der Waals surface area contributed by atoms with Crippen LogP contribution < -0.4 is 10.6 Å². The van der Waals surface area contributed by atoms with Gasteiger partial charge in [0, 0.05) is 12.0 Å².